The molecular weight excluding hydrogens is 529 g/mol. The van der Waals surface area contributed by atoms with Gasteiger partial charge in [-0.2, -0.15) is 5.10 Å². The highest BCUT2D eigenvalue weighted by molar-refractivity contribution is 5.95. The number of hydrogen-bond donors (Lipinski definition) is 1. The highest BCUT2D eigenvalue weighted by Gasteiger charge is 2.36. The monoisotopic (exact) mass is 552 g/mol. The summed E-state index contributed by atoms with van der Waals surface area (Å²) in [5, 5.41) is 19.1. The van der Waals surface area contributed by atoms with Gasteiger partial charge >= 0.3 is 12.3 Å². The van der Waals surface area contributed by atoms with Crippen molar-refractivity contribution in [3.63, 3.8) is 0 Å². The van der Waals surface area contributed by atoms with Crippen LogP contribution in [-0.2, 0) is 14.1 Å². The van der Waals surface area contributed by atoms with Gasteiger partial charge in [0.05, 0.1) is 35.6 Å². The molecule has 0 spiro atoms. The number of carboxylic acids is 1. The number of hydrogen-bond acceptors (Lipinski definition) is 6. The number of carbonyl (C=O) groups is 1. The molecule has 206 valence electrons. The molecule has 13 heteroatoms. The SMILES string of the molecule is COc1nn(C)cc1-n1cc2c(-c3nc(-c4ccc(C(=O)O)cc4OC(F)(F)F)n(C)c3C3CC3)cccc2n1. The van der Waals surface area contributed by atoms with Crippen molar-refractivity contribution in [2.75, 3.05) is 7.11 Å². The fourth-order valence-electron chi connectivity index (χ4n) is 4.95. The summed E-state index contributed by atoms with van der Waals surface area (Å²) in [6, 6.07) is 8.99. The summed E-state index contributed by atoms with van der Waals surface area (Å²) >= 11 is 0. The molecule has 0 aliphatic heterocycles. The second-order valence-electron chi connectivity index (χ2n) is 9.58. The van der Waals surface area contributed by atoms with Gasteiger partial charge in [0.15, 0.2) is 0 Å². The quantitative estimate of drug-likeness (QED) is 0.292. The molecule has 1 aliphatic rings. The smallest absolute Gasteiger partial charge is 0.478 e. The molecule has 5 aromatic rings. The number of aryl methyl sites for hydroxylation is 1. The van der Waals surface area contributed by atoms with Crippen molar-refractivity contribution in [2.24, 2.45) is 14.1 Å². The van der Waals surface area contributed by atoms with Crippen molar-refractivity contribution in [3.05, 3.63) is 60.0 Å². The highest BCUT2D eigenvalue weighted by atomic mass is 19.4. The van der Waals surface area contributed by atoms with E-state index < -0.39 is 18.1 Å². The molecule has 1 aliphatic carbocycles. The number of halogens is 3. The van der Waals surface area contributed by atoms with Crippen LogP contribution >= 0.6 is 0 Å². The molecule has 1 N–H and O–H groups in total. The van der Waals surface area contributed by atoms with Crippen LogP contribution in [0.25, 0.3) is 39.2 Å². The van der Waals surface area contributed by atoms with E-state index in [0.717, 1.165) is 35.6 Å². The zero-order chi connectivity index (χ0) is 28.3. The summed E-state index contributed by atoms with van der Waals surface area (Å²) in [6.45, 7) is 0. The Morgan fingerprint density at radius 3 is 2.52 bits per heavy atom. The summed E-state index contributed by atoms with van der Waals surface area (Å²) in [7, 11) is 5.04. The fraction of sp³-hybridized carbons (Fsp3) is 0.259. The Labute approximate surface area is 225 Å². The van der Waals surface area contributed by atoms with Gasteiger partial charge in [-0.05, 0) is 37.1 Å². The van der Waals surface area contributed by atoms with Crippen molar-refractivity contribution in [1.29, 1.82) is 0 Å². The van der Waals surface area contributed by atoms with Gasteiger partial charge in [-0.15, -0.1) is 18.3 Å². The molecule has 0 unspecified atom stereocenters. The maximum absolute atomic E-state index is 13.3. The Bertz CT molecular complexity index is 1780. The lowest BCUT2D eigenvalue weighted by atomic mass is 10.0. The first kappa shape index (κ1) is 25.5. The van der Waals surface area contributed by atoms with E-state index in [-0.39, 0.29) is 22.9 Å². The van der Waals surface area contributed by atoms with E-state index in [2.05, 4.69) is 9.84 Å². The molecule has 0 atom stereocenters. The molecule has 40 heavy (non-hydrogen) atoms. The lowest BCUT2D eigenvalue weighted by Gasteiger charge is -2.14. The van der Waals surface area contributed by atoms with Gasteiger partial charge in [-0.3, -0.25) is 4.68 Å². The van der Waals surface area contributed by atoms with Crippen LogP contribution in [-0.4, -0.2) is 53.7 Å². The second kappa shape index (κ2) is 9.14. The summed E-state index contributed by atoms with van der Waals surface area (Å²) in [6.07, 6.45) is 0.430. The van der Waals surface area contributed by atoms with Gasteiger partial charge in [0, 0.05) is 42.9 Å². The Hall–Kier alpha value is -4.81. The van der Waals surface area contributed by atoms with Crippen LogP contribution in [0.1, 0.15) is 34.8 Å². The minimum atomic E-state index is -5.02. The summed E-state index contributed by atoms with van der Waals surface area (Å²) < 4.78 is 54.6. The average Bonchev–Trinajstić information content (AvgIpc) is 3.36. The van der Waals surface area contributed by atoms with Gasteiger partial charge in [-0.25, -0.2) is 14.5 Å². The Kier molecular flexibility index (Phi) is 5.82. The van der Waals surface area contributed by atoms with Crippen molar-refractivity contribution in [3.8, 4) is 40.0 Å². The number of benzene rings is 2. The molecule has 0 bridgehead atoms. The first-order valence-corrected chi connectivity index (χ1v) is 12.3. The first-order chi connectivity index (χ1) is 19.0. The van der Waals surface area contributed by atoms with E-state index in [9.17, 15) is 23.1 Å². The summed E-state index contributed by atoms with van der Waals surface area (Å²) in [4.78, 5) is 16.3. The maximum atomic E-state index is 13.3. The number of fused-ring (bicyclic) bond motifs is 1. The van der Waals surface area contributed by atoms with Crippen LogP contribution in [0.2, 0.25) is 0 Å². The van der Waals surface area contributed by atoms with E-state index in [1.165, 1.54) is 19.2 Å². The van der Waals surface area contributed by atoms with Gasteiger partial charge in [0.2, 0.25) is 0 Å². The zero-order valence-corrected chi connectivity index (χ0v) is 21.6. The first-order valence-electron chi connectivity index (χ1n) is 12.3. The number of methoxy groups -OCH3 is 1. The third-order valence-electron chi connectivity index (χ3n) is 6.82. The van der Waals surface area contributed by atoms with E-state index in [0.29, 0.717) is 22.8 Å². The molecule has 1 saturated carbocycles. The third-order valence-corrected chi connectivity index (χ3v) is 6.82. The van der Waals surface area contributed by atoms with Gasteiger partial charge < -0.3 is 19.1 Å². The third kappa shape index (κ3) is 4.42. The predicted molar refractivity (Wildman–Crippen MR) is 138 cm³/mol. The molecule has 6 rings (SSSR count). The minimum Gasteiger partial charge on any atom is -0.478 e. The van der Waals surface area contributed by atoms with Crippen LogP contribution in [0.5, 0.6) is 11.6 Å². The largest absolute Gasteiger partial charge is 0.573 e. The Morgan fingerprint density at radius 2 is 1.85 bits per heavy atom. The highest BCUT2D eigenvalue weighted by Crippen LogP contribution is 2.47. The predicted octanol–water partition coefficient (Wildman–Crippen LogP) is 5.31. The second-order valence-corrected chi connectivity index (χ2v) is 9.58. The van der Waals surface area contributed by atoms with Crippen LogP contribution in [0, 0.1) is 0 Å². The topological polar surface area (TPSA) is 109 Å². The molecule has 3 aromatic heterocycles. The molecule has 2 aromatic carbocycles. The number of carboxylic acid groups (broad SMARTS) is 1. The van der Waals surface area contributed by atoms with Crippen molar-refractivity contribution in [1.82, 2.24) is 29.1 Å². The molecule has 0 radical (unpaired) electrons. The molecule has 3 heterocycles. The fourth-order valence-corrected chi connectivity index (χ4v) is 4.95. The van der Waals surface area contributed by atoms with Crippen molar-refractivity contribution < 1.29 is 32.5 Å². The lowest BCUT2D eigenvalue weighted by Crippen LogP contribution is -2.18. The van der Waals surface area contributed by atoms with Crippen molar-refractivity contribution >= 4 is 16.9 Å². The molecule has 1 fully saturated rings. The number of aromatic carboxylic acids is 1. The molecule has 0 amide bonds. The van der Waals surface area contributed by atoms with Gasteiger partial charge in [-0.1, -0.05) is 12.1 Å². The van der Waals surface area contributed by atoms with Crippen LogP contribution in [0.15, 0.2) is 48.8 Å². The van der Waals surface area contributed by atoms with Crippen LogP contribution in [0.4, 0.5) is 13.2 Å². The van der Waals surface area contributed by atoms with E-state index in [1.54, 1.807) is 34.2 Å². The molecule has 0 saturated heterocycles. The van der Waals surface area contributed by atoms with Gasteiger partial charge in [0.1, 0.15) is 17.3 Å². The number of imidazole rings is 1. The number of aromatic nitrogens is 6. The number of ether oxygens (including phenoxy) is 2. The van der Waals surface area contributed by atoms with E-state index >= 15 is 0 Å². The van der Waals surface area contributed by atoms with E-state index in [4.69, 9.17) is 14.8 Å². The Morgan fingerprint density at radius 1 is 1.07 bits per heavy atom. The standard InChI is InChI=1S/C27H23F3N6O4/c1-34-13-20(25(33-34)39-3)36-12-18-16(5-4-6-19(18)32-36)22-23(14-7-8-14)35(2)24(31-22)17-10-9-15(26(37)38)11-21(17)40-27(28,29)30/h4-6,9-14H,7-8H2,1-3H3,(H,37,38). The zero-order valence-electron chi connectivity index (χ0n) is 21.6. The number of alkyl halides is 3. The van der Waals surface area contributed by atoms with Crippen LogP contribution < -0.4 is 9.47 Å². The summed E-state index contributed by atoms with van der Waals surface area (Å²) in [5.41, 5.74) is 3.27. The molecular formula is C27H23F3N6O4. The van der Waals surface area contributed by atoms with Crippen molar-refractivity contribution in [2.45, 2.75) is 25.1 Å². The Balaban J connectivity index is 1.54. The maximum Gasteiger partial charge on any atom is 0.573 e. The number of rotatable bonds is 7. The number of nitrogens with zero attached hydrogens (tertiary/aromatic N) is 6. The normalized spacial score (nSPS) is 13.7. The summed E-state index contributed by atoms with van der Waals surface area (Å²) in [5.74, 6) is -1.20. The minimum absolute atomic E-state index is 0.0286. The lowest BCUT2D eigenvalue weighted by molar-refractivity contribution is -0.274. The molecule has 10 nitrogen and oxygen atoms in total. The van der Waals surface area contributed by atoms with E-state index in [1.807, 2.05) is 24.4 Å². The van der Waals surface area contributed by atoms with Gasteiger partial charge in [0.25, 0.3) is 5.88 Å². The van der Waals surface area contributed by atoms with Crippen LogP contribution in [0.3, 0.4) is 0 Å². The average molecular weight is 553 g/mol.